The van der Waals surface area contributed by atoms with E-state index in [2.05, 4.69) is 11.4 Å². The number of rotatable bonds is 5. The molecule has 1 fully saturated rings. The van der Waals surface area contributed by atoms with Gasteiger partial charge >= 0.3 is 0 Å². The number of hydrogen-bond acceptors (Lipinski definition) is 1. The fourth-order valence-electron chi connectivity index (χ4n) is 3.00. The molecule has 2 aromatic rings. The van der Waals surface area contributed by atoms with E-state index in [1.165, 1.54) is 32.7 Å². The molecule has 4 heteroatoms. The van der Waals surface area contributed by atoms with Gasteiger partial charge in [0.1, 0.15) is 31.9 Å². The first-order valence-electron chi connectivity index (χ1n) is 7.80. The molecule has 0 bridgehead atoms. The lowest BCUT2D eigenvalue weighted by atomic mass is 10.1. The standard InChI is InChI=1S/C17H21ClN2O/c18-16-6-7-17(15-5-2-1-4-14(15)16)21-13-3-10-20-11-8-19-9-12-20/h1-2,4-7,19H,3,8-13H2/p+2. The molecule has 1 heterocycles. The second kappa shape index (κ2) is 7.12. The Morgan fingerprint density at radius 3 is 2.62 bits per heavy atom. The zero-order valence-corrected chi connectivity index (χ0v) is 13.0. The van der Waals surface area contributed by atoms with Crippen LogP contribution < -0.4 is 15.0 Å². The van der Waals surface area contributed by atoms with Gasteiger partial charge in [-0.2, -0.15) is 0 Å². The van der Waals surface area contributed by atoms with E-state index in [0.717, 1.165) is 34.6 Å². The van der Waals surface area contributed by atoms with Crippen LogP contribution >= 0.6 is 11.6 Å². The monoisotopic (exact) mass is 306 g/mol. The molecule has 112 valence electrons. The summed E-state index contributed by atoms with van der Waals surface area (Å²) in [5.41, 5.74) is 0. The van der Waals surface area contributed by atoms with Crippen molar-refractivity contribution < 1.29 is 15.0 Å². The van der Waals surface area contributed by atoms with E-state index in [1.54, 1.807) is 4.90 Å². The molecular formula is C17H23ClN2O+2. The highest BCUT2D eigenvalue weighted by Gasteiger charge is 2.14. The van der Waals surface area contributed by atoms with Gasteiger partial charge in [-0.05, 0) is 12.1 Å². The van der Waals surface area contributed by atoms with Crippen molar-refractivity contribution in [3.63, 3.8) is 0 Å². The van der Waals surface area contributed by atoms with Gasteiger partial charge in [-0.3, -0.25) is 0 Å². The predicted molar refractivity (Wildman–Crippen MR) is 86.3 cm³/mol. The first-order chi connectivity index (χ1) is 10.3. The largest absolute Gasteiger partial charge is 0.493 e. The highest BCUT2D eigenvalue weighted by atomic mass is 35.5. The van der Waals surface area contributed by atoms with Crippen LogP contribution in [0.15, 0.2) is 36.4 Å². The maximum Gasteiger partial charge on any atom is 0.127 e. The highest BCUT2D eigenvalue weighted by Crippen LogP contribution is 2.31. The summed E-state index contributed by atoms with van der Waals surface area (Å²) in [7, 11) is 0. The lowest BCUT2D eigenvalue weighted by Gasteiger charge is -2.22. The Hall–Kier alpha value is -1.29. The second-order valence-electron chi connectivity index (χ2n) is 5.66. The molecule has 3 rings (SSSR count). The first-order valence-corrected chi connectivity index (χ1v) is 8.17. The molecule has 2 aromatic carbocycles. The second-order valence-corrected chi connectivity index (χ2v) is 6.07. The van der Waals surface area contributed by atoms with Gasteiger partial charge in [0, 0.05) is 22.2 Å². The third-order valence-electron chi connectivity index (χ3n) is 4.17. The SMILES string of the molecule is Clc1ccc(OCCC[NH+]2CC[NH2+]CC2)c2ccccc12. The number of hydrogen-bond donors (Lipinski definition) is 2. The zero-order valence-electron chi connectivity index (χ0n) is 12.3. The first kappa shape index (κ1) is 14.6. The van der Waals surface area contributed by atoms with Crippen molar-refractivity contribution in [3.05, 3.63) is 41.4 Å². The van der Waals surface area contributed by atoms with E-state index >= 15 is 0 Å². The molecule has 0 aliphatic carbocycles. The minimum absolute atomic E-state index is 0.777. The van der Waals surface area contributed by atoms with Crippen molar-refractivity contribution >= 4 is 22.4 Å². The van der Waals surface area contributed by atoms with Crippen LogP contribution in [0.1, 0.15) is 6.42 Å². The number of benzene rings is 2. The van der Waals surface area contributed by atoms with E-state index in [9.17, 15) is 0 Å². The van der Waals surface area contributed by atoms with Gasteiger partial charge in [0.25, 0.3) is 0 Å². The Bertz CT molecular complexity index is 596. The minimum atomic E-state index is 0.777. The van der Waals surface area contributed by atoms with Crippen LogP contribution in [0.4, 0.5) is 0 Å². The lowest BCUT2D eigenvalue weighted by molar-refractivity contribution is -0.946. The quantitative estimate of drug-likeness (QED) is 0.784. The summed E-state index contributed by atoms with van der Waals surface area (Å²) in [6.45, 7) is 7.07. The van der Waals surface area contributed by atoms with E-state index in [1.807, 2.05) is 30.3 Å². The van der Waals surface area contributed by atoms with Crippen molar-refractivity contribution in [2.24, 2.45) is 0 Å². The molecule has 0 aromatic heterocycles. The number of piperazine rings is 1. The van der Waals surface area contributed by atoms with Crippen molar-refractivity contribution in [2.75, 3.05) is 39.3 Å². The van der Waals surface area contributed by atoms with Crippen LogP contribution in [0.3, 0.4) is 0 Å². The van der Waals surface area contributed by atoms with Crippen molar-refractivity contribution in [2.45, 2.75) is 6.42 Å². The summed E-state index contributed by atoms with van der Waals surface area (Å²) in [5, 5.41) is 5.35. The third-order valence-corrected chi connectivity index (χ3v) is 4.50. The number of nitrogens with one attached hydrogen (secondary N) is 1. The van der Waals surface area contributed by atoms with Gasteiger partial charge in [0.05, 0.1) is 13.2 Å². The van der Waals surface area contributed by atoms with Crippen LogP contribution in [0, 0.1) is 0 Å². The van der Waals surface area contributed by atoms with Crippen LogP contribution in [-0.4, -0.2) is 39.3 Å². The molecule has 21 heavy (non-hydrogen) atoms. The molecular weight excluding hydrogens is 284 g/mol. The maximum atomic E-state index is 6.23. The molecule has 0 amide bonds. The van der Waals surface area contributed by atoms with Crippen LogP contribution in [0.5, 0.6) is 5.75 Å². The Balaban J connectivity index is 1.57. The lowest BCUT2D eigenvalue weighted by Crippen LogP contribution is -3.20. The number of quaternary nitrogens is 2. The Morgan fingerprint density at radius 1 is 1.05 bits per heavy atom. The molecule has 1 saturated heterocycles. The summed E-state index contributed by atoms with van der Waals surface area (Å²) < 4.78 is 5.99. The average Bonchev–Trinajstić information content (AvgIpc) is 2.55. The fraction of sp³-hybridized carbons (Fsp3) is 0.412. The number of nitrogens with two attached hydrogens (primary N) is 1. The molecule has 1 aliphatic rings. The maximum absolute atomic E-state index is 6.23. The molecule has 0 spiro atoms. The van der Waals surface area contributed by atoms with Crippen molar-refractivity contribution in [1.82, 2.24) is 0 Å². The Labute approximate surface area is 130 Å². The van der Waals surface area contributed by atoms with Gasteiger partial charge in [-0.25, -0.2) is 0 Å². The average molecular weight is 307 g/mol. The van der Waals surface area contributed by atoms with Crippen molar-refractivity contribution in [3.8, 4) is 5.75 Å². The predicted octanol–water partition coefficient (Wildman–Crippen LogP) is 0.724. The fourth-order valence-corrected chi connectivity index (χ4v) is 3.22. The summed E-state index contributed by atoms with van der Waals surface area (Å²) in [6.07, 6.45) is 1.10. The van der Waals surface area contributed by atoms with Crippen LogP contribution in [0.2, 0.25) is 5.02 Å². The van der Waals surface area contributed by atoms with Crippen LogP contribution in [-0.2, 0) is 0 Å². The third kappa shape index (κ3) is 3.67. The van der Waals surface area contributed by atoms with Crippen molar-refractivity contribution in [1.29, 1.82) is 0 Å². The summed E-state index contributed by atoms with van der Waals surface area (Å²) in [5.74, 6) is 0.942. The Morgan fingerprint density at radius 2 is 1.81 bits per heavy atom. The molecule has 0 radical (unpaired) electrons. The topological polar surface area (TPSA) is 30.3 Å². The molecule has 0 unspecified atom stereocenters. The van der Waals surface area contributed by atoms with E-state index < -0.39 is 0 Å². The van der Waals surface area contributed by atoms with Crippen LogP contribution in [0.25, 0.3) is 10.8 Å². The normalized spacial score (nSPS) is 16.2. The van der Waals surface area contributed by atoms with E-state index in [4.69, 9.17) is 16.3 Å². The zero-order chi connectivity index (χ0) is 14.5. The van der Waals surface area contributed by atoms with Gasteiger partial charge in [-0.1, -0.05) is 35.9 Å². The van der Waals surface area contributed by atoms with E-state index in [0.29, 0.717) is 0 Å². The van der Waals surface area contributed by atoms with Gasteiger partial charge in [0.2, 0.25) is 0 Å². The number of halogens is 1. The molecule has 0 saturated carbocycles. The highest BCUT2D eigenvalue weighted by molar-refractivity contribution is 6.35. The Kier molecular flexibility index (Phi) is 4.96. The van der Waals surface area contributed by atoms with Gasteiger partial charge in [0.15, 0.2) is 0 Å². The summed E-state index contributed by atoms with van der Waals surface area (Å²) in [6, 6.07) is 12.0. The van der Waals surface area contributed by atoms with E-state index in [-0.39, 0.29) is 0 Å². The molecule has 1 aliphatic heterocycles. The number of ether oxygens (including phenoxy) is 1. The molecule has 0 atom stereocenters. The minimum Gasteiger partial charge on any atom is -0.493 e. The summed E-state index contributed by atoms with van der Waals surface area (Å²) in [4.78, 5) is 1.71. The molecule has 3 nitrogen and oxygen atoms in total. The van der Waals surface area contributed by atoms with Gasteiger partial charge in [-0.15, -0.1) is 0 Å². The smallest absolute Gasteiger partial charge is 0.127 e. The molecule has 3 N–H and O–H groups in total. The number of fused-ring (bicyclic) bond motifs is 1. The van der Waals surface area contributed by atoms with Gasteiger partial charge < -0.3 is 15.0 Å². The summed E-state index contributed by atoms with van der Waals surface area (Å²) >= 11 is 6.23.